The normalized spacial score (nSPS) is 21.0. The van der Waals surface area contributed by atoms with Gasteiger partial charge >= 0.3 is 5.97 Å². The highest BCUT2D eigenvalue weighted by molar-refractivity contribution is 6.13. The monoisotopic (exact) mass is 505 g/mol. The van der Waals surface area contributed by atoms with Gasteiger partial charge in [-0.05, 0) is 94.2 Å². The van der Waals surface area contributed by atoms with Gasteiger partial charge in [-0.15, -0.1) is 0 Å². The van der Waals surface area contributed by atoms with E-state index in [-0.39, 0.29) is 12.1 Å². The summed E-state index contributed by atoms with van der Waals surface area (Å²) in [6.07, 6.45) is 3.23. The molecule has 0 saturated heterocycles. The second-order valence-corrected chi connectivity index (χ2v) is 10.9. The van der Waals surface area contributed by atoms with Crippen LogP contribution >= 0.6 is 0 Å². The first kappa shape index (κ1) is 28.7. The van der Waals surface area contributed by atoms with Crippen molar-refractivity contribution in [1.29, 1.82) is 0 Å². The summed E-state index contributed by atoms with van der Waals surface area (Å²) in [6.45, 7) is 17.0. The summed E-state index contributed by atoms with van der Waals surface area (Å²) in [6, 6.07) is 16.2. The van der Waals surface area contributed by atoms with E-state index in [0.717, 1.165) is 48.6 Å². The highest BCUT2D eigenvalue weighted by atomic mass is 16.5. The topological polar surface area (TPSA) is 45.1 Å². The number of aliphatic imine (C=N–C) groups is 1. The Morgan fingerprint density at radius 2 is 1.68 bits per heavy atom. The quantitative estimate of drug-likeness (QED) is 0.207. The summed E-state index contributed by atoms with van der Waals surface area (Å²) < 4.78 is 6.31. The van der Waals surface area contributed by atoms with E-state index in [9.17, 15) is 4.79 Å². The first-order valence-electron chi connectivity index (χ1n) is 14.1. The number of amidine groups is 1. The summed E-state index contributed by atoms with van der Waals surface area (Å²) >= 11 is 0. The van der Waals surface area contributed by atoms with Crippen LogP contribution in [0.3, 0.4) is 0 Å². The second-order valence-electron chi connectivity index (χ2n) is 10.9. The molecule has 0 bridgehead atoms. The highest BCUT2D eigenvalue weighted by Gasteiger charge is 2.36. The highest BCUT2D eigenvalue weighted by Crippen LogP contribution is 2.36. The van der Waals surface area contributed by atoms with Crippen molar-refractivity contribution < 1.29 is 9.53 Å². The molecule has 0 heterocycles. The van der Waals surface area contributed by atoms with Crippen molar-refractivity contribution in [3.05, 3.63) is 59.7 Å². The van der Waals surface area contributed by atoms with E-state index < -0.39 is 6.04 Å². The molecule has 1 aliphatic carbocycles. The van der Waals surface area contributed by atoms with Gasteiger partial charge in [0.1, 0.15) is 18.0 Å². The van der Waals surface area contributed by atoms with Gasteiger partial charge in [0.25, 0.3) is 0 Å². The predicted molar refractivity (Wildman–Crippen MR) is 157 cm³/mol. The number of aryl methyl sites for hydroxylation is 1. The van der Waals surface area contributed by atoms with Crippen LogP contribution in [0.4, 0.5) is 11.4 Å². The summed E-state index contributed by atoms with van der Waals surface area (Å²) in [5, 5.41) is 0. The van der Waals surface area contributed by atoms with E-state index in [4.69, 9.17) is 9.73 Å². The summed E-state index contributed by atoms with van der Waals surface area (Å²) in [5.74, 6) is 2.06. The molecule has 0 spiro atoms. The van der Waals surface area contributed by atoms with E-state index in [2.05, 4.69) is 87.7 Å². The number of benzene rings is 2. The van der Waals surface area contributed by atoms with Crippen LogP contribution < -0.4 is 9.80 Å². The van der Waals surface area contributed by atoms with Crippen LogP contribution in [0.2, 0.25) is 0 Å². The predicted octanol–water partition coefficient (Wildman–Crippen LogP) is 7.12. The molecule has 0 N–H and O–H groups in total. The molecule has 1 fully saturated rings. The maximum Gasteiger partial charge on any atom is 0.329 e. The third kappa shape index (κ3) is 6.74. The zero-order chi connectivity index (χ0) is 27.1. The summed E-state index contributed by atoms with van der Waals surface area (Å²) in [7, 11) is 1.80. The molecule has 5 heteroatoms. The minimum Gasteiger partial charge on any atom is -0.461 e. The Morgan fingerprint density at radius 3 is 2.24 bits per heavy atom. The molecule has 1 aliphatic rings. The number of rotatable bonds is 9. The minimum absolute atomic E-state index is 0.0345. The van der Waals surface area contributed by atoms with Crippen molar-refractivity contribution in [2.45, 2.75) is 79.9 Å². The molecule has 5 nitrogen and oxygen atoms in total. The number of hydrogen-bond donors (Lipinski definition) is 0. The van der Waals surface area contributed by atoms with Crippen molar-refractivity contribution >= 4 is 23.2 Å². The first-order chi connectivity index (χ1) is 17.7. The van der Waals surface area contributed by atoms with E-state index in [0.29, 0.717) is 17.8 Å². The van der Waals surface area contributed by atoms with E-state index in [1.54, 1.807) is 7.05 Å². The van der Waals surface area contributed by atoms with Gasteiger partial charge in [0, 0.05) is 37.1 Å². The van der Waals surface area contributed by atoms with Crippen LogP contribution in [0.1, 0.15) is 71.9 Å². The zero-order valence-electron chi connectivity index (χ0n) is 24.2. The third-order valence-electron chi connectivity index (χ3n) is 8.03. The lowest BCUT2D eigenvalue weighted by Crippen LogP contribution is -2.47. The lowest BCUT2D eigenvalue weighted by atomic mass is 9.75. The van der Waals surface area contributed by atoms with E-state index in [1.165, 1.54) is 12.1 Å². The maximum atomic E-state index is 13.8. The molecule has 202 valence electrons. The van der Waals surface area contributed by atoms with Gasteiger partial charge in [-0.1, -0.05) is 45.4 Å². The van der Waals surface area contributed by atoms with Gasteiger partial charge in [0.15, 0.2) is 0 Å². The molecule has 0 amide bonds. The Labute approximate surface area is 224 Å². The molecule has 0 radical (unpaired) electrons. The third-order valence-corrected chi connectivity index (χ3v) is 8.03. The second kappa shape index (κ2) is 13.1. The fourth-order valence-corrected chi connectivity index (χ4v) is 5.73. The molecule has 4 atom stereocenters. The minimum atomic E-state index is -0.521. The fraction of sp³-hybridized carbons (Fsp3) is 0.562. The van der Waals surface area contributed by atoms with Gasteiger partial charge in [-0.2, -0.15) is 0 Å². The average Bonchev–Trinajstić information content (AvgIpc) is 2.88. The van der Waals surface area contributed by atoms with Gasteiger partial charge < -0.3 is 14.5 Å². The molecule has 0 unspecified atom stereocenters. The summed E-state index contributed by atoms with van der Waals surface area (Å²) in [4.78, 5) is 22.9. The van der Waals surface area contributed by atoms with Crippen molar-refractivity contribution in [3.8, 4) is 0 Å². The zero-order valence-corrected chi connectivity index (χ0v) is 24.2. The summed E-state index contributed by atoms with van der Waals surface area (Å²) in [5.41, 5.74) is 4.23. The van der Waals surface area contributed by atoms with Crippen LogP contribution in [-0.4, -0.2) is 44.1 Å². The molecular weight excluding hydrogens is 458 g/mol. The lowest BCUT2D eigenvalue weighted by molar-refractivity contribution is -0.156. The number of nitrogens with zero attached hydrogens (tertiary/aromatic N) is 3. The number of esters is 1. The van der Waals surface area contributed by atoms with E-state index in [1.807, 2.05) is 19.1 Å². The lowest BCUT2D eigenvalue weighted by Gasteiger charge is -2.38. The van der Waals surface area contributed by atoms with Gasteiger partial charge in [-0.3, -0.25) is 4.99 Å². The number of anilines is 2. The number of hydrogen-bond acceptors (Lipinski definition) is 4. The van der Waals surface area contributed by atoms with Crippen molar-refractivity contribution in [2.75, 3.05) is 29.9 Å². The van der Waals surface area contributed by atoms with Crippen molar-refractivity contribution in [1.82, 2.24) is 0 Å². The molecular formula is C32H47N3O2. The van der Waals surface area contributed by atoms with Crippen LogP contribution in [0, 0.1) is 24.7 Å². The number of para-hydroxylation sites is 1. The standard InChI is InChI=1S/C32H47N3O2/c1-9-34(10-2)27-18-16-26(17-19-27)31(33-8)35(29-14-12-11-13-24(29)6)25(7)32(36)37-30-21-23(5)15-20-28(30)22(3)4/h11-14,16-19,22-23,25,28,30H,9-10,15,20-21H2,1-8H3/b33-31+/t23-,25-,28+,30-/m1/s1. The SMILES string of the molecule is CCN(CC)c1ccc(/C(=N\C)N(c2ccccc2C)[C@H](C)C(=O)O[C@@H]2C[C@H](C)CC[C@H]2C(C)C)cc1. The maximum absolute atomic E-state index is 13.8. The molecule has 0 aliphatic heterocycles. The molecule has 0 aromatic heterocycles. The van der Waals surface area contributed by atoms with Crippen LogP contribution in [0.15, 0.2) is 53.5 Å². The van der Waals surface area contributed by atoms with Crippen molar-refractivity contribution in [2.24, 2.45) is 22.7 Å². The largest absolute Gasteiger partial charge is 0.461 e. The van der Waals surface area contributed by atoms with Gasteiger partial charge in [0.05, 0.1) is 0 Å². The van der Waals surface area contributed by atoms with Gasteiger partial charge in [-0.25, -0.2) is 4.79 Å². The molecule has 2 aromatic rings. The Morgan fingerprint density at radius 1 is 1.03 bits per heavy atom. The first-order valence-corrected chi connectivity index (χ1v) is 14.1. The van der Waals surface area contributed by atoms with Crippen LogP contribution in [-0.2, 0) is 9.53 Å². The Balaban J connectivity index is 1.95. The van der Waals surface area contributed by atoms with Crippen molar-refractivity contribution in [3.63, 3.8) is 0 Å². The number of carbonyl (C=O) groups excluding carboxylic acids is 1. The molecule has 3 rings (SSSR count). The van der Waals surface area contributed by atoms with Crippen LogP contribution in [0.25, 0.3) is 0 Å². The molecule has 37 heavy (non-hydrogen) atoms. The molecule has 1 saturated carbocycles. The Hall–Kier alpha value is -2.82. The average molecular weight is 506 g/mol. The van der Waals surface area contributed by atoms with E-state index >= 15 is 0 Å². The molecule has 2 aromatic carbocycles. The Kier molecular flexibility index (Phi) is 10.2. The van der Waals surface area contributed by atoms with Gasteiger partial charge in [0.2, 0.25) is 0 Å². The number of ether oxygens (including phenoxy) is 1. The Bertz CT molecular complexity index is 1040. The van der Waals surface area contributed by atoms with Crippen LogP contribution in [0.5, 0.6) is 0 Å². The smallest absolute Gasteiger partial charge is 0.329 e. The fourth-order valence-electron chi connectivity index (χ4n) is 5.73. The number of carbonyl (C=O) groups is 1.